The van der Waals surface area contributed by atoms with Crippen LogP contribution >= 0.6 is 0 Å². The fraction of sp³-hybridized carbons (Fsp3) is 0.290. The number of hydrogen-bond donors (Lipinski definition) is 3. The lowest BCUT2D eigenvalue weighted by molar-refractivity contribution is 0.00578. The van der Waals surface area contributed by atoms with E-state index in [0.717, 1.165) is 22.3 Å². The number of carbonyl (C=O) groups excluding carboxylic acids is 1. The van der Waals surface area contributed by atoms with Gasteiger partial charge >= 0.3 is 19.2 Å². The number of carboxylic acid groups (broad SMARTS) is 1. The van der Waals surface area contributed by atoms with Crippen LogP contribution in [-0.4, -0.2) is 53.7 Å². The molecule has 0 bridgehead atoms. The topological polar surface area (TPSA) is 114 Å². The van der Waals surface area contributed by atoms with Crippen molar-refractivity contribution in [3.63, 3.8) is 0 Å². The predicted octanol–water partition coefficient (Wildman–Crippen LogP) is 5.64. The number of alkyl carbamates (subject to hydrolysis) is 1. The monoisotopic (exact) mass is 541 g/mol. The number of carbonyl (C=O) groups is 2. The Morgan fingerprint density at radius 3 is 2.10 bits per heavy atom. The highest BCUT2D eigenvalue weighted by Gasteiger charge is 2.52. The molecule has 206 valence electrons. The molecule has 0 radical (unpaired) electrons. The van der Waals surface area contributed by atoms with Crippen molar-refractivity contribution in [3.8, 4) is 16.9 Å². The van der Waals surface area contributed by atoms with E-state index in [1.807, 2.05) is 52.0 Å². The highest BCUT2D eigenvalue weighted by Crippen LogP contribution is 2.44. The van der Waals surface area contributed by atoms with E-state index in [1.54, 1.807) is 6.08 Å². The first kappa shape index (κ1) is 27.5. The Hall–Kier alpha value is -4.08. The summed E-state index contributed by atoms with van der Waals surface area (Å²) in [6.45, 7) is 7.79. The minimum absolute atomic E-state index is 0.00968. The first-order valence-corrected chi connectivity index (χ1v) is 13.2. The Morgan fingerprint density at radius 2 is 1.52 bits per heavy atom. The highest BCUT2D eigenvalue weighted by atomic mass is 16.7. The number of aromatic carboxylic acids is 1. The van der Waals surface area contributed by atoms with E-state index >= 15 is 0 Å². The zero-order chi connectivity index (χ0) is 28.7. The van der Waals surface area contributed by atoms with Crippen LogP contribution in [0.25, 0.3) is 17.2 Å². The lowest BCUT2D eigenvalue weighted by atomic mass is 9.77. The van der Waals surface area contributed by atoms with Gasteiger partial charge in [-0.25, -0.2) is 9.59 Å². The van der Waals surface area contributed by atoms with E-state index in [9.17, 15) is 19.8 Å². The lowest BCUT2D eigenvalue weighted by Crippen LogP contribution is -2.41. The second-order valence-electron chi connectivity index (χ2n) is 11.1. The van der Waals surface area contributed by atoms with Gasteiger partial charge in [-0.2, -0.15) is 0 Å². The molecular formula is C31H32BNO7. The van der Waals surface area contributed by atoms with E-state index in [4.69, 9.17) is 14.0 Å². The van der Waals surface area contributed by atoms with Crippen molar-refractivity contribution >= 4 is 25.3 Å². The molecule has 0 atom stereocenters. The molecule has 40 heavy (non-hydrogen) atoms. The van der Waals surface area contributed by atoms with E-state index in [1.165, 1.54) is 18.2 Å². The Kier molecular flexibility index (Phi) is 7.20. The molecule has 1 fully saturated rings. The Morgan fingerprint density at radius 1 is 0.950 bits per heavy atom. The van der Waals surface area contributed by atoms with E-state index in [0.29, 0.717) is 5.47 Å². The van der Waals surface area contributed by atoms with Gasteiger partial charge in [-0.05, 0) is 73.6 Å². The van der Waals surface area contributed by atoms with Crippen LogP contribution in [0.5, 0.6) is 5.75 Å². The summed E-state index contributed by atoms with van der Waals surface area (Å²) < 4.78 is 18.0. The maximum absolute atomic E-state index is 12.9. The van der Waals surface area contributed by atoms with Crippen LogP contribution in [0.15, 0.2) is 72.2 Å². The number of phenolic OH excluding ortho intramolecular Hbond substituents is 1. The third-order valence-corrected chi connectivity index (χ3v) is 7.95. The maximum atomic E-state index is 12.9. The quantitative estimate of drug-likeness (QED) is 0.332. The predicted molar refractivity (Wildman–Crippen MR) is 152 cm³/mol. The second kappa shape index (κ2) is 10.5. The molecular weight excluding hydrogens is 509 g/mol. The average Bonchev–Trinajstić information content (AvgIpc) is 3.35. The van der Waals surface area contributed by atoms with Gasteiger partial charge in [0.2, 0.25) is 0 Å². The van der Waals surface area contributed by atoms with Crippen LogP contribution in [0.4, 0.5) is 4.79 Å². The van der Waals surface area contributed by atoms with Gasteiger partial charge in [-0.15, -0.1) is 0 Å². The molecule has 3 aromatic carbocycles. The van der Waals surface area contributed by atoms with Crippen molar-refractivity contribution in [2.24, 2.45) is 0 Å². The van der Waals surface area contributed by atoms with Crippen molar-refractivity contribution in [2.45, 2.75) is 44.8 Å². The van der Waals surface area contributed by atoms with Crippen LogP contribution in [0.3, 0.4) is 0 Å². The van der Waals surface area contributed by atoms with Gasteiger partial charge in [0.15, 0.2) is 0 Å². The van der Waals surface area contributed by atoms with Crippen LogP contribution in [0.2, 0.25) is 0 Å². The molecule has 3 N–H and O–H groups in total. The van der Waals surface area contributed by atoms with Crippen LogP contribution in [0, 0.1) is 0 Å². The van der Waals surface area contributed by atoms with Crippen LogP contribution in [0.1, 0.15) is 60.7 Å². The molecule has 3 aromatic rings. The number of amides is 1. The minimum Gasteiger partial charge on any atom is -0.507 e. The van der Waals surface area contributed by atoms with Crippen molar-refractivity contribution in [2.75, 3.05) is 13.2 Å². The standard InChI is InChI=1S/C31H32BNO7/c1-30(2)31(3,4)40-32(39-30)21(16-20-15-19(28(35)36)13-14-27(20)34)17-33-29(37)38-18-26-24-11-7-5-9-22(24)23-10-6-8-12-25(23)26/h5-16,26,34H,17-18H2,1-4H3,(H,33,37)(H,35,36). The van der Waals surface area contributed by atoms with Crippen molar-refractivity contribution < 1.29 is 33.8 Å². The first-order chi connectivity index (χ1) is 19.0. The third-order valence-electron chi connectivity index (χ3n) is 7.95. The van der Waals surface area contributed by atoms with E-state index in [2.05, 4.69) is 29.6 Å². The van der Waals surface area contributed by atoms with Gasteiger partial charge < -0.3 is 29.6 Å². The molecule has 9 heteroatoms. The molecule has 5 rings (SSSR count). The summed E-state index contributed by atoms with van der Waals surface area (Å²) in [5.41, 5.74) is 3.98. The van der Waals surface area contributed by atoms with Gasteiger partial charge in [0.1, 0.15) is 12.4 Å². The number of ether oxygens (including phenoxy) is 1. The van der Waals surface area contributed by atoms with Gasteiger partial charge in [0.25, 0.3) is 0 Å². The molecule has 0 aromatic heterocycles. The maximum Gasteiger partial charge on any atom is 0.492 e. The van der Waals surface area contributed by atoms with Crippen molar-refractivity contribution in [3.05, 3.63) is 94.5 Å². The molecule has 1 aliphatic carbocycles. The Balaban J connectivity index is 1.34. The summed E-state index contributed by atoms with van der Waals surface area (Å²) in [6, 6.07) is 20.2. The number of phenols is 1. The molecule has 1 aliphatic heterocycles. The zero-order valence-corrected chi connectivity index (χ0v) is 22.9. The van der Waals surface area contributed by atoms with Crippen molar-refractivity contribution in [1.82, 2.24) is 5.32 Å². The van der Waals surface area contributed by atoms with E-state index < -0.39 is 30.4 Å². The first-order valence-electron chi connectivity index (χ1n) is 13.2. The molecule has 1 saturated heterocycles. The summed E-state index contributed by atoms with van der Waals surface area (Å²) in [4.78, 5) is 24.4. The highest BCUT2D eigenvalue weighted by molar-refractivity contribution is 6.56. The molecule has 8 nitrogen and oxygen atoms in total. The summed E-state index contributed by atoms with van der Waals surface area (Å²) in [7, 11) is -0.841. The summed E-state index contributed by atoms with van der Waals surface area (Å²) in [5.74, 6) is -1.31. The van der Waals surface area contributed by atoms with Gasteiger partial charge in [-0.3, -0.25) is 0 Å². The molecule has 1 amide bonds. The molecule has 0 spiro atoms. The largest absolute Gasteiger partial charge is 0.507 e. The fourth-order valence-corrected chi connectivity index (χ4v) is 5.02. The summed E-state index contributed by atoms with van der Waals surface area (Å²) in [6.07, 6.45) is 0.959. The van der Waals surface area contributed by atoms with Gasteiger partial charge in [-0.1, -0.05) is 54.6 Å². The van der Waals surface area contributed by atoms with Gasteiger partial charge in [0.05, 0.1) is 16.8 Å². The van der Waals surface area contributed by atoms with E-state index in [-0.39, 0.29) is 35.9 Å². The number of carboxylic acids is 1. The number of nitrogens with one attached hydrogen (secondary N) is 1. The smallest absolute Gasteiger partial charge is 0.492 e. The zero-order valence-electron chi connectivity index (χ0n) is 22.9. The summed E-state index contributed by atoms with van der Waals surface area (Å²) >= 11 is 0. The molecule has 2 aliphatic rings. The number of hydrogen-bond acceptors (Lipinski definition) is 6. The molecule has 0 unspecified atom stereocenters. The summed E-state index contributed by atoms with van der Waals surface area (Å²) in [5, 5.41) is 22.6. The number of fused-ring (bicyclic) bond motifs is 3. The molecule has 0 saturated carbocycles. The number of aromatic hydroxyl groups is 1. The van der Waals surface area contributed by atoms with Crippen molar-refractivity contribution in [1.29, 1.82) is 0 Å². The van der Waals surface area contributed by atoms with Crippen LogP contribution < -0.4 is 5.32 Å². The third kappa shape index (κ3) is 5.22. The normalized spacial score (nSPS) is 17.3. The lowest BCUT2D eigenvalue weighted by Gasteiger charge is -2.32. The SMILES string of the molecule is CC1(C)OB(C(=Cc2cc(C(=O)O)ccc2O)CNC(=O)OCC2c3ccccc3-c3ccccc32)OC1(C)C. The van der Waals surface area contributed by atoms with Gasteiger partial charge in [0, 0.05) is 18.0 Å². The van der Waals surface area contributed by atoms with Crippen LogP contribution in [-0.2, 0) is 14.0 Å². The second-order valence-corrected chi connectivity index (χ2v) is 11.1. The molecule has 1 heterocycles. The Bertz CT molecular complexity index is 1440. The Labute approximate surface area is 233 Å². The number of benzene rings is 3. The average molecular weight is 541 g/mol. The minimum atomic E-state index is -1.12. The number of rotatable bonds is 7. The fourth-order valence-electron chi connectivity index (χ4n) is 5.02.